The average molecular weight is 977 g/mol. The van der Waals surface area contributed by atoms with Crippen LogP contribution in [0.5, 0.6) is 0 Å². The van der Waals surface area contributed by atoms with Crippen LogP contribution in [0.1, 0.15) is 0 Å². The van der Waals surface area contributed by atoms with E-state index in [1.165, 1.54) is 36.7 Å². The van der Waals surface area contributed by atoms with Gasteiger partial charge in [-0.25, -0.2) is 26.8 Å². The van der Waals surface area contributed by atoms with E-state index in [1.807, 2.05) is 12.1 Å². The van der Waals surface area contributed by atoms with Crippen LogP contribution in [0, 0.1) is 24.3 Å². The van der Waals surface area contributed by atoms with Crippen molar-refractivity contribution < 1.29 is 58.3 Å². The van der Waals surface area contributed by atoms with Crippen LogP contribution in [-0.2, 0) is 61.2 Å². The van der Waals surface area contributed by atoms with E-state index in [9.17, 15) is 16.8 Å². The standard InChI is InChI=1S/C38H21N5O4S2.Pd.Pt/c44-48(45,28-10-5-8-26(22-28)34-12-1-3-18-39-34)30-14-16-32-33-17-15-31(25-37(33)43(36(32)24-30)38-41-20-7-21-42-38)49(46,47)29-11-6-9-27(23-29)35-13-2-4-19-40-35;;/h1-21H;;/q-4;2*+2. The molecule has 13 heteroatoms. The maximum atomic E-state index is 14.0. The van der Waals surface area contributed by atoms with Crippen molar-refractivity contribution in [1.82, 2.24) is 24.5 Å². The second-order valence-electron chi connectivity index (χ2n) is 10.8. The zero-order valence-electron chi connectivity index (χ0n) is 25.9. The van der Waals surface area contributed by atoms with E-state index in [-0.39, 0.29) is 67.0 Å². The topological polar surface area (TPSA) is 125 Å². The van der Waals surface area contributed by atoms with Gasteiger partial charge in [0.2, 0.25) is 5.95 Å². The molecule has 0 amide bonds. The Morgan fingerprint density at radius 1 is 0.451 bits per heavy atom. The molecule has 9 nitrogen and oxygen atoms in total. The summed E-state index contributed by atoms with van der Waals surface area (Å²) in [6.07, 6.45) is 6.33. The van der Waals surface area contributed by atoms with Crippen LogP contribution in [-0.4, -0.2) is 41.3 Å². The molecule has 0 bridgehead atoms. The van der Waals surface area contributed by atoms with Gasteiger partial charge in [0.15, 0.2) is 19.7 Å². The van der Waals surface area contributed by atoms with Crippen molar-refractivity contribution in [2.75, 3.05) is 0 Å². The Morgan fingerprint density at radius 3 is 1.31 bits per heavy atom. The predicted molar refractivity (Wildman–Crippen MR) is 182 cm³/mol. The van der Waals surface area contributed by atoms with Crippen LogP contribution < -0.4 is 0 Å². The summed E-state index contributed by atoms with van der Waals surface area (Å²) in [7, 11) is -8.20. The molecule has 0 saturated carbocycles. The summed E-state index contributed by atoms with van der Waals surface area (Å²) < 4.78 is 57.5. The molecular weight excluding hydrogens is 956 g/mol. The minimum atomic E-state index is -4.10. The van der Waals surface area contributed by atoms with Crippen LogP contribution in [0.3, 0.4) is 0 Å². The summed E-state index contributed by atoms with van der Waals surface area (Å²) in [5.41, 5.74) is 2.89. The largest absolute Gasteiger partial charge is 2.00 e. The average Bonchev–Trinajstić information content (AvgIpc) is 3.49. The van der Waals surface area contributed by atoms with E-state index in [0.29, 0.717) is 44.3 Å². The number of rotatable bonds is 7. The molecule has 0 radical (unpaired) electrons. The van der Waals surface area contributed by atoms with Gasteiger partial charge in [-0.2, -0.15) is 35.0 Å². The van der Waals surface area contributed by atoms with Crippen molar-refractivity contribution >= 4 is 41.5 Å². The third-order valence-electron chi connectivity index (χ3n) is 7.86. The summed E-state index contributed by atoms with van der Waals surface area (Å²) in [4.78, 5) is 17.1. The van der Waals surface area contributed by atoms with Crippen molar-refractivity contribution in [3.8, 4) is 28.5 Å². The van der Waals surface area contributed by atoms with E-state index in [1.54, 1.807) is 83.7 Å². The van der Waals surface area contributed by atoms with Gasteiger partial charge in [0.25, 0.3) is 0 Å². The van der Waals surface area contributed by atoms with Crippen molar-refractivity contribution in [2.45, 2.75) is 19.6 Å². The first kappa shape index (κ1) is 36.1. The quantitative estimate of drug-likeness (QED) is 0.130. The summed E-state index contributed by atoms with van der Waals surface area (Å²) in [5.74, 6) is 0.187. The Labute approximate surface area is 322 Å². The predicted octanol–water partition coefficient (Wildman–Crippen LogP) is 6.56. The number of nitrogens with zero attached hydrogens (tertiary/aromatic N) is 5. The van der Waals surface area contributed by atoms with Gasteiger partial charge in [0.05, 0.1) is 0 Å². The summed E-state index contributed by atoms with van der Waals surface area (Å²) in [6, 6.07) is 40.5. The molecule has 4 aromatic carbocycles. The van der Waals surface area contributed by atoms with Crippen LogP contribution in [0.25, 0.3) is 50.3 Å². The molecule has 0 fully saturated rings. The van der Waals surface area contributed by atoms with Crippen molar-refractivity contribution in [3.63, 3.8) is 0 Å². The van der Waals surface area contributed by atoms with E-state index in [0.717, 1.165) is 0 Å². The van der Waals surface area contributed by atoms with Crippen LogP contribution in [0.15, 0.2) is 147 Å². The van der Waals surface area contributed by atoms with Gasteiger partial charge in [-0.3, -0.25) is 0 Å². The fourth-order valence-electron chi connectivity index (χ4n) is 5.54. The molecule has 0 saturated heterocycles. The van der Waals surface area contributed by atoms with Crippen LogP contribution >= 0.6 is 0 Å². The normalized spacial score (nSPS) is 11.5. The van der Waals surface area contributed by atoms with Crippen molar-refractivity contribution in [1.29, 1.82) is 0 Å². The molecule has 8 rings (SSSR count). The number of fused-ring (bicyclic) bond motifs is 3. The zero-order valence-corrected chi connectivity index (χ0v) is 31.4. The minimum absolute atomic E-state index is 0. The number of hydrogen-bond acceptors (Lipinski definition) is 8. The van der Waals surface area contributed by atoms with Gasteiger partial charge < -0.3 is 14.5 Å². The van der Waals surface area contributed by atoms with E-state index in [2.05, 4.69) is 44.2 Å². The molecule has 0 aliphatic carbocycles. The Morgan fingerprint density at radius 2 is 0.882 bits per heavy atom. The van der Waals surface area contributed by atoms with Gasteiger partial charge in [-0.15, -0.1) is 71.8 Å². The second kappa shape index (κ2) is 14.5. The second-order valence-corrected chi connectivity index (χ2v) is 14.6. The van der Waals surface area contributed by atoms with Gasteiger partial charge in [-0.05, 0) is 49.2 Å². The molecule has 0 aliphatic heterocycles. The Kier molecular flexibility index (Phi) is 10.3. The van der Waals surface area contributed by atoms with Crippen molar-refractivity contribution in [3.05, 3.63) is 152 Å². The minimum Gasteiger partial charge on any atom is -0.328 e. The molecular formula is C38H21N5O4PdPtS2. The van der Waals surface area contributed by atoms with Crippen LogP contribution in [0.2, 0.25) is 0 Å². The molecule has 254 valence electrons. The van der Waals surface area contributed by atoms with Gasteiger partial charge in [-0.1, -0.05) is 35.3 Å². The molecule has 8 aromatic rings. The maximum Gasteiger partial charge on any atom is 2.00 e. The fraction of sp³-hybridized carbons (Fsp3) is 0. The van der Waals surface area contributed by atoms with Crippen molar-refractivity contribution in [2.24, 2.45) is 0 Å². The third kappa shape index (κ3) is 6.62. The number of sulfone groups is 2. The fourth-order valence-corrected chi connectivity index (χ4v) is 7.97. The number of pyridine rings is 2. The third-order valence-corrected chi connectivity index (χ3v) is 11.1. The summed E-state index contributed by atoms with van der Waals surface area (Å²) in [6.45, 7) is 0. The smallest absolute Gasteiger partial charge is 0.328 e. The van der Waals surface area contributed by atoms with Crippen LogP contribution in [0.4, 0.5) is 0 Å². The molecule has 0 aliphatic rings. The number of benzene rings is 4. The van der Waals surface area contributed by atoms with E-state index >= 15 is 0 Å². The Bertz CT molecular complexity index is 2580. The number of hydrogen-bond donors (Lipinski definition) is 0. The maximum absolute atomic E-state index is 14.0. The number of aromatic nitrogens is 5. The monoisotopic (exact) mass is 976 g/mol. The SMILES string of the molecule is O=S(=O)(c1[c-]c(-c2ccccn2)ccc1)c1[c-]c2c(cc1)c1ccc(S(=O)(=O)c3[c-]c(-c4ccccn4)ccc3)[c-]c1n2-c1ncccn1.[Pd+2].[Pt+2]. The Hall–Kier alpha value is -4.69. The molecule has 4 aromatic heterocycles. The first-order chi connectivity index (χ1) is 23.8. The molecule has 0 N–H and O–H groups in total. The zero-order chi connectivity index (χ0) is 33.6. The van der Waals surface area contributed by atoms with E-state index in [4.69, 9.17) is 0 Å². The van der Waals surface area contributed by atoms with Gasteiger partial charge >= 0.3 is 41.5 Å². The molecule has 0 spiro atoms. The van der Waals surface area contributed by atoms with Gasteiger partial charge in [0, 0.05) is 24.8 Å². The first-order valence-corrected chi connectivity index (χ1v) is 17.9. The van der Waals surface area contributed by atoms with E-state index < -0.39 is 19.7 Å². The molecule has 0 unspecified atom stereocenters. The first-order valence-electron chi connectivity index (χ1n) is 14.9. The Balaban J connectivity index is 0.00000224. The summed E-state index contributed by atoms with van der Waals surface area (Å²) >= 11 is 0. The van der Waals surface area contributed by atoms with Gasteiger partial charge in [0.1, 0.15) is 0 Å². The molecule has 51 heavy (non-hydrogen) atoms. The molecule has 4 heterocycles. The summed E-state index contributed by atoms with van der Waals surface area (Å²) in [5, 5.41) is 1.22. The molecule has 0 atom stereocenters.